The van der Waals surface area contributed by atoms with Gasteiger partial charge in [-0.25, -0.2) is 4.68 Å². The van der Waals surface area contributed by atoms with Crippen LogP contribution in [-0.4, -0.2) is 34.2 Å². The summed E-state index contributed by atoms with van der Waals surface area (Å²) >= 11 is 0. The number of amides is 1. The smallest absolute Gasteiger partial charge is 0.246 e. The van der Waals surface area contributed by atoms with Crippen molar-refractivity contribution in [3.63, 3.8) is 0 Å². The summed E-state index contributed by atoms with van der Waals surface area (Å²) in [5, 5.41) is 7.59. The topological polar surface area (TPSA) is 50.2 Å². The van der Waals surface area contributed by atoms with Gasteiger partial charge in [-0.2, -0.15) is 5.10 Å². The van der Waals surface area contributed by atoms with Crippen molar-refractivity contribution in [2.75, 3.05) is 18.9 Å². The van der Waals surface area contributed by atoms with E-state index in [4.69, 9.17) is 0 Å². The van der Waals surface area contributed by atoms with Crippen molar-refractivity contribution in [1.82, 2.24) is 14.7 Å². The van der Waals surface area contributed by atoms with Crippen molar-refractivity contribution in [3.8, 4) is 5.69 Å². The first-order chi connectivity index (χ1) is 13.0. The molecular formula is C22H26N4O. The standard InChI is InChI=1S/C22H26N4O/c1-5-25(4)21(18-10-7-6-8-11-18)22(27)23-19-12-9-13-20(15-19)26-17(3)14-16(2)24-26/h6-15,21H,5H2,1-4H3,(H,23,27). The fraction of sp³-hybridized carbons (Fsp3) is 0.273. The molecule has 0 radical (unpaired) electrons. The third kappa shape index (κ3) is 4.26. The van der Waals surface area contributed by atoms with E-state index in [9.17, 15) is 4.79 Å². The molecule has 5 nitrogen and oxygen atoms in total. The number of hydrogen-bond acceptors (Lipinski definition) is 3. The first-order valence-corrected chi connectivity index (χ1v) is 9.19. The molecule has 0 fully saturated rings. The summed E-state index contributed by atoms with van der Waals surface area (Å²) in [5.74, 6) is -0.0453. The highest BCUT2D eigenvalue weighted by molar-refractivity contribution is 5.95. The Bertz CT molecular complexity index is 917. The molecule has 3 aromatic rings. The minimum atomic E-state index is -0.339. The molecule has 1 N–H and O–H groups in total. The van der Waals surface area contributed by atoms with Crippen molar-refractivity contribution < 1.29 is 4.79 Å². The maximum Gasteiger partial charge on any atom is 0.246 e. The average molecular weight is 362 g/mol. The fourth-order valence-electron chi connectivity index (χ4n) is 3.24. The summed E-state index contributed by atoms with van der Waals surface area (Å²) in [6.45, 7) is 6.82. The largest absolute Gasteiger partial charge is 0.324 e. The number of aromatic nitrogens is 2. The zero-order valence-electron chi connectivity index (χ0n) is 16.3. The van der Waals surface area contributed by atoms with Gasteiger partial charge in [0.1, 0.15) is 6.04 Å². The Labute approximate surface area is 160 Å². The van der Waals surface area contributed by atoms with Crippen molar-refractivity contribution in [1.29, 1.82) is 0 Å². The van der Waals surface area contributed by atoms with Gasteiger partial charge in [-0.15, -0.1) is 0 Å². The number of benzene rings is 2. The van der Waals surface area contributed by atoms with Gasteiger partial charge in [-0.05, 0) is 57.3 Å². The van der Waals surface area contributed by atoms with E-state index >= 15 is 0 Å². The molecule has 0 aliphatic carbocycles. The van der Waals surface area contributed by atoms with Crippen LogP contribution in [0.3, 0.4) is 0 Å². The number of aryl methyl sites for hydroxylation is 2. The molecule has 1 amide bonds. The second-order valence-corrected chi connectivity index (χ2v) is 6.76. The van der Waals surface area contributed by atoms with Crippen LogP contribution in [0, 0.1) is 13.8 Å². The number of likely N-dealkylation sites (N-methyl/N-ethyl adjacent to an activating group) is 1. The molecule has 1 aromatic heterocycles. The molecule has 1 atom stereocenters. The minimum absolute atomic E-state index is 0.0453. The summed E-state index contributed by atoms with van der Waals surface area (Å²) in [5.41, 5.74) is 4.70. The first-order valence-electron chi connectivity index (χ1n) is 9.19. The highest BCUT2D eigenvalue weighted by Gasteiger charge is 2.24. The first kappa shape index (κ1) is 18.9. The summed E-state index contributed by atoms with van der Waals surface area (Å²) in [4.78, 5) is 15.1. The number of anilines is 1. The van der Waals surface area contributed by atoms with E-state index in [1.807, 2.05) is 98.1 Å². The Morgan fingerprint density at radius 3 is 2.48 bits per heavy atom. The third-order valence-corrected chi connectivity index (χ3v) is 4.67. The van der Waals surface area contributed by atoms with E-state index in [1.165, 1.54) is 0 Å². The average Bonchev–Trinajstić information content (AvgIpc) is 3.01. The van der Waals surface area contributed by atoms with Crippen molar-refractivity contribution >= 4 is 11.6 Å². The predicted molar refractivity (Wildman–Crippen MR) is 109 cm³/mol. The number of carbonyl (C=O) groups is 1. The predicted octanol–water partition coefficient (Wildman–Crippen LogP) is 4.12. The maximum absolute atomic E-state index is 13.1. The van der Waals surface area contributed by atoms with Crippen LogP contribution in [0.15, 0.2) is 60.7 Å². The Balaban J connectivity index is 1.86. The summed E-state index contributed by atoms with van der Waals surface area (Å²) < 4.78 is 1.89. The van der Waals surface area contributed by atoms with E-state index in [2.05, 4.69) is 10.4 Å². The van der Waals surface area contributed by atoms with Gasteiger partial charge < -0.3 is 5.32 Å². The van der Waals surface area contributed by atoms with Crippen LogP contribution in [-0.2, 0) is 4.79 Å². The van der Waals surface area contributed by atoms with E-state index in [0.29, 0.717) is 0 Å². The van der Waals surface area contributed by atoms with Gasteiger partial charge in [-0.1, -0.05) is 43.3 Å². The van der Waals surface area contributed by atoms with Crippen molar-refractivity contribution in [2.45, 2.75) is 26.8 Å². The highest BCUT2D eigenvalue weighted by atomic mass is 16.2. The van der Waals surface area contributed by atoms with E-state index in [1.54, 1.807) is 0 Å². The van der Waals surface area contributed by atoms with Crippen LogP contribution in [0.5, 0.6) is 0 Å². The van der Waals surface area contributed by atoms with E-state index < -0.39 is 0 Å². The summed E-state index contributed by atoms with van der Waals surface area (Å²) in [7, 11) is 1.96. The molecule has 0 spiro atoms. The number of rotatable bonds is 6. The molecule has 5 heteroatoms. The zero-order chi connectivity index (χ0) is 19.4. The van der Waals surface area contributed by atoms with Crippen molar-refractivity contribution in [3.05, 3.63) is 77.6 Å². The molecule has 2 aromatic carbocycles. The molecule has 0 aliphatic heterocycles. The van der Waals surface area contributed by atoms with Crippen LogP contribution >= 0.6 is 0 Å². The Hall–Kier alpha value is -2.92. The van der Waals surface area contributed by atoms with Gasteiger partial charge in [0.25, 0.3) is 0 Å². The second-order valence-electron chi connectivity index (χ2n) is 6.76. The van der Waals surface area contributed by atoms with Gasteiger partial charge in [0.05, 0.1) is 11.4 Å². The van der Waals surface area contributed by atoms with Gasteiger partial charge in [0.15, 0.2) is 0 Å². The maximum atomic E-state index is 13.1. The van der Waals surface area contributed by atoms with Crippen LogP contribution in [0.4, 0.5) is 5.69 Å². The lowest BCUT2D eigenvalue weighted by atomic mass is 10.0. The zero-order valence-corrected chi connectivity index (χ0v) is 16.3. The summed E-state index contributed by atoms with van der Waals surface area (Å²) in [6, 6.07) is 19.3. The molecule has 1 unspecified atom stereocenters. The normalized spacial score (nSPS) is 12.2. The highest BCUT2D eigenvalue weighted by Crippen LogP contribution is 2.23. The number of nitrogens with one attached hydrogen (secondary N) is 1. The van der Waals surface area contributed by atoms with E-state index in [-0.39, 0.29) is 11.9 Å². The van der Waals surface area contributed by atoms with Crippen LogP contribution in [0.25, 0.3) is 5.69 Å². The Kier molecular flexibility index (Phi) is 5.72. The molecule has 140 valence electrons. The summed E-state index contributed by atoms with van der Waals surface area (Å²) in [6.07, 6.45) is 0. The SMILES string of the molecule is CCN(C)C(C(=O)Nc1cccc(-n2nc(C)cc2C)c1)c1ccccc1. The van der Waals surface area contributed by atoms with Gasteiger partial charge >= 0.3 is 0 Å². The molecule has 0 saturated carbocycles. The molecule has 3 rings (SSSR count). The van der Waals surface area contributed by atoms with Crippen LogP contribution in [0.1, 0.15) is 29.9 Å². The lowest BCUT2D eigenvalue weighted by molar-refractivity contribution is -0.121. The fourth-order valence-corrected chi connectivity index (χ4v) is 3.24. The molecule has 0 bridgehead atoms. The molecule has 1 heterocycles. The molecule has 0 aliphatic rings. The molecule has 0 saturated heterocycles. The van der Waals surface area contributed by atoms with Crippen LogP contribution in [0.2, 0.25) is 0 Å². The Morgan fingerprint density at radius 2 is 1.85 bits per heavy atom. The Morgan fingerprint density at radius 1 is 1.11 bits per heavy atom. The van der Waals surface area contributed by atoms with Gasteiger partial charge in [0.2, 0.25) is 5.91 Å². The quantitative estimate of drug-likeness (QED) is 0.718. The number of nitrogens with zero attached hydrogens (tertiary/aromatic N) is 3. The molecular weight excluding hydrogens is 336 g/mol. The monoisotopic (exact) mass is 362 g/mol. The van der Waals surface area contributed by atoms with Crippen molar-refractivity contribution in [2.24, 2.45) is 0 Å². The number of carbonyl (C=O) groups excluding carboxylic acids is 1. The number of hydrogen-bond donors (Lipinski definition) is 1. The second kappa shape index (κ2) is 8.18. The van der Waals surface area contributed by atoms with Gasteiger partial charge in [0, 0.05) is 11.4 Å². The lowest BCUT2D eigenvalue weighted by Gasteiger charge is -2.26. The van der Waals surface area contributed by atoms with Gasteiger partial charge in [-0.3, -0.25) is 9.69 Å². The minimum Gasteiger partial charge on any atom is -0.324 e. The van der Waals surface area contributed by atoms with Crippen LogP contribution < -0.4 is 5.32 Å². The third-order valence-electron chi connectivity index (χ3n) is 4.67. The molecule has 27 heavy (non-hydrogen) atoms. The lowest BCUT2D eigenvalue weighted by Crippen LogP contribution is -2.34. The van der Waals surface area contributed by atoms with E-state index in [0.717, 1.165) is 34.9 Å².